The number of para-hydroxylation sites is 1. The molecule has 27 heavy (non-hydrogen) atoms. The van der Waals surface area contributed by atoms with Crippen molar-refractivity contribution in [3.8, 4) is 5.69 Å². The van der Waals surface area contributed by atoms with E-state index in [1.54, 1.807) is 30.5 Å². The Labute approximate surface area is 158 Å². The monoisotopic (exact) mass is 372 g/mol. The molecule has 4 rings (SSSR count). The zero-order chi connectivity index (χ0) is 18.9. The van der Waals surface area contributed by atoms with Crippen molar-refractivity contribution in [2.45, 2.75) is 24.8 Å². The number of nitrogens with zero attached hydrogens (tertiary/aromatic N) is 4. The number of benzene rings is 1. The average Bonchev–Trinajstić information content (AvgIpc) is 3.12. The van der Waals surface area contributed by atoms with Crippen LogP contribution in [0.5, 0.6) is 0 Å². The highest BCUT2D eigenvalue weighted by Crippen LogP contribution is 2.32. The highest BCUT2D eigenvalue weighted by molar-refractivity contribution is 5.92. The molecular formula is C20H25FN4O2. The van der Waals surface area contributed by atoms with Gasteiger partial charge in [0.1, 0.15) is 11.5 Å². The number of amides is 1. The Morgan fingerprint density at radius 2 is 1.89 bits per heavy atom. The van der Waals surface area contributed by atoms with Crippen molar-refractivity contribution in [2.75, 3.05) is 39.9 Å². The summed E-state index contributed by atoms with van der Waals surface area (Å²) in [4.78, 5) is 17.2. The van der Waals surface area contributed by atoms with Crippen LogP contribution in [-0.4, -0.2) is 70.9 Å². The molecule has 1 aromatic heterocycles. The van der Waals surface area contributed by atoms with Gasteiger partial charge in [0.05, 0.1) is 0 Å². The van der Waals surface area contributed by atoms with Gasteiger partial charge in [0.25, 0.3) is 5.91 Å². The molecule has 0 aliphatic carbocycles. The Morgan fingerprint density at radius 3 is 2.67 bits per heavy atom. The third kappa shape index (κ3) is 3.49. The molecule has 0 N–H and O–H groups in total. The van der Waals surface area contributed by atoms with Crippen molar-refractivity contribution in [3.05, 3.63) is 48.0 Å². The lowest BCUT2D eigenvalue weighted by molar-refractivity contribution is -0.0158. The number of hydrogen-bond acceptors (Lipinski definition) is 4. The number of aromatic nitrogens is 2. The van der Waals surface area contributed by atoms with Crippen LogP contribution in [-0.2, 0) is 4.74 Å². The van der Waals surface area contributed by atoms with Crippen LogP contribution < -0.4 is 0 Å². The number of ether oxygens (including phenoxy) is 1. The Kier molecular flexibility index (Phi) is 4.97. The van der Waals surface area contributed by atoms with Crippen LogP contribution in [0.3, 0.4) is 0 Å². The van der Waals surface area contributed by atoms with Gasteiger partial charge in [-0.1, -0.05) is 12.1 Å². The summed E-state index contributed by atoms with van der Waals surface area (Å²) in [6.45, 7) is 3.77. The lowest BCUT2D eigenvalue weighted by atomic mass is 9.85. The predicted molar refractivity (Wildman–Crippen MR) is 99.5 cm³/mol. The maximum Gasteiger partial charge on any atom is 0.274 e. The predicted octanol–water partition coefficient (Wildman–Crippen LogP) is 2.34. The first kappa shape index (κ1) is 18.1. The summed E-state index contributed by atoms with van der Waals surface area (Å²) in [6.07, 6.45) is 4.59. The van der Waals surface area contributed by atoms with Gasteiger partial charge in [-0.15, -0.1) is 0 Å². The van der Waals surface area contributed by atoms with E-state index >= 15 is 0 Å². The summed E-state index contributed by atoms with van der Waals surface area (Å²) >= 11 is 0. The van der Waals surface area contributed by atoms with E-state index in [0.717, 1.165) is 39.0 Å². The second-order valence-electron chi connectivity index (χ2n) is 7.40. The number of likely N-dealkylation sites (N-methyl/N-ethyl adjacent to an activating group) is 1. The number of rotatable bonds is 2. The molecule has 1 spiro atoms. The molecule has 7 heteroatoms. The average molecular weight is 372 g/mol. The van der Waals surface area contributed by atoms with Gasteiger partial charge in [0.2, 0.25) is 0 Å². The third-order valence-corrected chi connectivity index (χ3v) is 5.98. The highest BCUT2D eigenvalue weighted by atomic mass is 19.1. The van der Waals surface area contributed by atoms with E-state index in [9.17, 15) is 9.18 Å². The molecule has 2 aliphatic heterocycles. The summed E-state index contributed by atoms with van der Waals surface area (Å²) in [7, 11) is 2.15. The van der Waals surface area contributed by atoms with Gasteiger partial charge in [-0.2, -0.15) is 5.10 Å². The maximum atomic E-state index is 14.0. The van der Waals surface area contributed by atoms with E-state index < -0.39 is 0 Å². The third-order valence-electron chi connectivity index (χ3n) is 5.98. The first-order chi connectivity index (χ1) is 13.1. The molecule has 2 fully saturated rings. The van der Waals surface area contributed by atoms with Gasteiger partial charge in [-0.25, -0.2) is 9.07 Å². The summed E-state index contributed by atoms with van der Waals surface area (Å²) in [5.41, 5.74) is 0.817. The molecule has 0 radical (unpaired) electrons. The van der Waals surface area contributed by atoms with Crippen molar-refractivity contribution in [3.63, 3.8) is 0 Å². The van der Waals surface area contributed by atoms with E-state index in [0.29, 0.717) is 24.5 Å². The summed E-state index contributed by atoms with van der Waals surface area (Å²) in [5.74, 6) is -0.458. The zero-order valence-electron chi connectivity index (χ0n) is 15.6. The SMILES string of the molecule is CN1CCN(C(=O)c2ccn(-c3ccccc3F)n2)CCC12CCOCC2. The molecule has 6 nitrogen and oxygen atoms in total. The van der Waals surface area contributed by atoms with Crippen LogP contribution in [0.1, 0.15) is 29.8 Å². The molecule has 0 bridgehead atoms. The van der Waals surface area contributed by atoms with Crippen molar-refractivity contribution in [1.82, 2.24) is 19.6 Å². The molecular weight excluding hydrogens is 347 g/mol. The molecule has 1 aromatic carbocycles. The first-order valence-corrected chi connectivity index (χ1v) is 9.48. The molecule has 3 heterocycles. The van der Waals surface area contributed by atoms with Crippen molar-refractivity contribution in [2.24, 2.45) is 0 Å². The fraction of sp³-hybridized carbons (Fsp3) is 0.500. The number of hydrogen-bond donors (Lipinski definition) is 0. The van der Waals surface area contributed by atoms with Crippen LogP contribution >= 0.6 is 0 Å². The van der Waals surface area contributed by atoms with Gasteiger partial charge in [0.15, 0.2) is 5.69 Å². The molecule has 0 unspecified atom stereocenters. The molecule has 1 amide bonds. The van der Waals surface area contributed by atoms with Crippen LogP contribution in [0, 0.1) is 5.82 Å². The Bertz CT molecular complexity index is 816. The van der Waals surface area contributed by atoms with Crippen LogP contribution in [0.4, 0.5) is 4.39 Å². The topological polar surface area (TPSA) is 50.6 Å². The molecule has 2 saturated heterocycles. The first-order valence-electron chi connectivity index (χ1n) is 9.48. The standard InChI is InChI=1S/C20H25FN4O2/c1-23-12-13-24(11-7-20(23)8-14-27-15-9-20)19(26)17-6-10-25(22-17)18-5-3-2-4-16(18)21/h2-6,10H,7-9,11-15H2,1H3. The number of carbonyl (C=O) groups excluding carboxylic acids is 1. The van der Waals surface area contributed by atoms with Crippen molar-refractivity contribution >= 4 is 5.91 Å². The lowest BCUT2D eigenvalue weighted by Gasteiger charge is -2.43. The van der Waals surface area contributed by atoms with Crippen LogP contribution in [0.25, 0.3) is 5.69 Å². The summed E-state index contributed by atoms with van der Waals surface area (Å²) in [6, 6.07) is 8.07. The smallest absolute Gasteiger partial charge is 0.274 e. The van der Waals surface area contributed by atoms with Crippen molar-refractivity contribution in [1.29, 1.82) is 0 Å². The zero-order valence-corrected chi connectivity index (χ0v) is 15.6. The van der Waals surface area contributed by atoms with Gasteiger partial charge in [-0.05, 0) is 44.5 Å². The van der Waals surface area contributed by atoms with E-state index in [2.05, 4.69) is 17.0 Å². The molecule has 2 aromatic rings. The van der Waals surface area contributed by atoms with E-state index in [-0.39, 0.29) is 17.3 Å². The minimum absolute atomic E-state index is 0.0948. The second-order valence-corrected chi connectivity index (χ2v) is 7.40. The molecule has 2 aliphatic rings. The Hall–Kier alpha value is -2.25. The minimum Gasteiger partial charge on any atom is -0.381 e. The quantitative estimate of drug-likeness (QED) is 0.812. The second kappa shape index (κ2) is 7.40. The molecule has 0 saturated carbocycles. The number of carbonyl (C=O) groups is 1. The van der Waals surface area contributed by atoms with Gasteiger partial charge in [-0.3, -0.25) is 9.69 Å². The Morgan fingerprint density at radius 1 is 1.11 bits per heavy atom. The number of halogens is 1. The Balaban J connectivity index is 1.49. The summed E-state index contributed by atoms with van der Waals surface area (Å²) < 4.78 is 20.9. The van der Waals surface area contributed by atoms with Gasteiger partial charge >= 0.3 is 0 Å². The lowest BCUT2D eigenvalue weighted by Crippen LogP contribution is -2.50. The van der Waals surface area contributed by atoms with Crippen molar-refractivity contribution < 1.29 is 13.9 Å². The van der Waals surface area contributed by atoms with Gasteiger partial charge < -0.3 is 9.64 Å². The summed E-state index contributed by atoms with van der Waals surface area (Å²) in [5, 5.41) is 4.32. The van der Waals surface area contributed by atoms with E-state index in [1.807, 2.05) is 4.90 Å². The van der Waals surface area contributed by atoms with E-state index in [1.165, 1.54) is 10.7 Å². The van der Waals surface area contributed by atoms with Gasteiger partial charge in [0, 0.05) is 44.6 Å². The minimum atomic E-state index is -0.363. The fourth-order valence-electron chi connectivity index (χ4n) is 4.11. The highest BCUT2D eigenvalue weighted by Gasteiger charge is 2.39. The fourth-order valence-corrected chi connectivity index (χ4v) is 4.11. The largest absolute Gasteiger partial charge is 0.381 e. The van der Waals surface area contributed by atoms with Crippen LogP contribution in [0.15, 0.2) is 36.5 Å². The molecule has 144 valence electrons. The van der Waals surface area contributed by atoms with Crippen LogP contribution in [0.2, 0.25) is 0 Å². The molecule has 0 atom stereocenters. The normalized spacial score (nSPS) is 20.6. The van der Waals surface area contributed by atoms with E-state index in [4.69, 9.17) is 4.74 Å². The maximum absolute atomic E-state index is 14.0.